The predicted molar refractivity (Wildman–Crippen MR) is 46.9 cm³/mol. The Hall–Kier alpha value is -1.80. The van der Waals surface area contributed by atoms with Crippen LogP contribution in [0.1, 0.15) is 6.92 Å². The molecule has 9 heteroatoms. The fourth-order valence-corrected chi connectivity index (χ4v) is 0.722. The maximum Gasteiger partial charge on any atom is 0.425 e. The molecule has 2 N–H and O–H groups in total. The molecule has 1 aromatic rings. The van der Waals surface area contributed by atoms with Gasteiger partial charge in [-0.1, -0.05) is 0 Å². The second kappa shape index (κ2) is 4.37. The van der Waals surface area contributed by atoms with Crippen LogP contribution in [-0.2, 0) is 0 Å². The van der Waals surface area contributed by atoms with Crippen molar-refractivity contribution in [2.24, 2.45) is 0 Å². The first-order valence-electron chi connectivity index (χ1n) is 4.12. The van der Waals surface area contributed by atoms with E-state index in [1.54, 1.807) is 0 Å². The van der Waals surface area contributed by atoms with Gasteiger partial charge in [0.25, 0.3) is 0 Å². The molecule has 0 radical (unpaired) electrons. The average molecular weight is 238 g/mol. The molecule has 0 fully saturated rings. The lowest BCUT2D eigenvalue weighted by Gasteiger charge is -2.16. The molecule has 0 saturated carbocycles. The lowest BCUT2D eigenvalue weighted by molar-refractivity contribution is -0.190. The van der Waals surface area contributed by atoms with Gasteiger partial charge in [-0.05, 0) is 6.92 Å². The van der Waals surface area contributed by atoms with E-state index < -0.39 is 18.3 Å². The van der Waals surface area contributed by atoms with Gasteiger partial charge >= 0.3 is 18.2 Å². The maximum atomic E-state index is 12.2. The van der Waals surface area contributed by atoms with Gasteiger partial charge in [-0.25, -0.2) is 0 Å². The van der Waals surface area contributed by atoms with Gasteiger partial charge in [0.05, 0.1) is 7.11 Å². The molecule has 1 heterocycles. The zero-order valence-corrected chi connectivity index (χ0v) is 8.45. The molecule has 6 nitrogen and oxygen atoms in total. The fraction of sp³-hybridized carbons (Fsp3) is 0.571. The number of nitrogens with zero attached hydrogens (tertiary/aromatic N) is 3. The average Bonchev–Trinajstić information content (AvgIpc) is 2.15. The fourth-order valence-electron chi connectivity index (χ4n) is 0.722. The molecular weight excluding hydrogens is 229 g/mol. The number of methoxy groups -OCH3 is 1. The number of halogens is 3. The van der Waals surface area contributed by atoms with Crippen LogP contribution >= 0.6 is 0 Å². The van der Waals surface area contributed by atoms with E-state index in [2.05, 4.69) is 24.4 Å². The summed E-state index contributed by atoms with van der Waals surface area (Å²) in [4.78, 5) is 10.3. The van der Waals surface area contributed by atoms with Crippen LogP contribution in [0.5, 0.6) is 12.0 Å². The summed E-state index contributed by atoms with van der Waals surface area (Å²) in [5.41, 5.74) is 5.22. The minimum atomic E-state index is -4.51. The first kappa shape index (κ1) is 12.3. The summed E-state index contributed by atoms with van der Waals surface area (Å²) in [5.74, 6) is -0.281. The Kier molecular flexibility index (Phi) is 3.35. The summed E-state index contributed by atoms with van der Waals surface area (Å²) in [6, 6.07) is -0.744. The Bertz CT molecular complexity index is 371. The van der Waals surface area contributed by atoms with Gasteiger partial charge in [-0.3, -0.25) is 0 Å². The predicted octanol–water partition coefficient (Wildman–Crippen LogP) is 0.792. The second-order valence-electron chi connectivity index (χ2n) is 2.76. The Labute approximate surface area is 88.6 Å². The number of rotatable bonds is 3. The number of anilines is 1. The third kappa shape index (κ3) is 3.11. The van der Waals surface area contributed by atoms with Gasteiger partial charge in [0.15, 0.2) is 6.10 Å². The molecule has 0 aromatic carbocycles. The molecule has 16 heavy (non-hydrogen) atoms. The molecule has 0 aliphatic heterocycles. The maximum absolute atomic E-state index is 12.2. The van der Waals surface area contributed by atoms with Crippen LogP contribution in [0.4, 0.5) is 19.1 Å². The summed E-state index contributed by atoms with van der Waals surface area (Å²) < 4.78 is 45.5. The molecule has 0 aliphatic carbocycles. The monoisotopic (exact) mass is 238 g/mol. The van der Waals surface area contributed by atoms with Crippen molar-refractivity contribution in [1.82, 2.24) is 15.0 Å². The van der Waals surface area contributed by atoms with Crippen molar-refractivity contribution in [1.29, 1.82) is 0 Å². The van der Waals surface area contributed by atoms with Crippen LogP contribution in [0, 0.1) is 0 Å². The van der Waals surface area contributed by atoms with E-state index >= 15 is 0 Å². The first-order chi connectivity index (χ1) is 7.32. The van der Waals surface area contributed by atoms with E-state index in [4.69, 9.17) is 5.73 Å². The number of hydrogen-bond acceptors (Lipinski definition) is 6. The molecule has 0 amide bonds. The Morgan fingerprint density at radius 2 is 1.75 bits per heavy atom. The summed E-state index contributed by atoms with van der Waals surface area (Å²) in [6.45, 7) is 0.826. The summed E-state index contributed by atoms with van der Waals surface area (Å²) in [7, 11) is 1.24. The van der Waals surface area contributed by atoms with E-state index in [0.29, 0.717) is 0 Å². The number of alkyl halides is 3. The molecule has 1 aromatic heterocycles. The minimum Gasteiger partial charge on any atom is -0.467 e. The van der Waals surface area contributed by atoms with Crippen LogP contribution in [0.15, 0.2) is 0 Å². The van der Waals surface area contributed by atoms with E-state index in [9.17, 15) is 13.2 Å². The van der Waals surface area contributed by atoms with Crippen molar-refractivity contribution < 1.29 is 22.6 Å². The molecule has 0 aliphatic rings. The Balaban J connectivity index is 2.85. The smallest absolute Gasteiger partial charge is 0.425 e. The van der Waals surface area contributed by atoms with Gasteiger partial charge in [0.2, 0.25) is 5.95 Å². The highest BCUT2D eigenvalue weighted by molar-refractivity contribution is 5.20. The molecule has 1 unspecified atom stereocenters. The zero-order valence-electron chi connectivity index (χ0n) is 8.45. The third-order valence-electron chi connectivity index (χ3n) is 1.54. The topological polar surface area (TPSA) is 83.2 Å². The SMILES string of the molecule is COc1nc(N)nc(OC(C)C(F)(F)F)n1. The summed E-state index contributed by atoms with van der Waals surface area (Å²) in [5, 5.41) is 0. The number of hydrogen-bond donors (Lipinski definition) is 1. The highest BCUT2D eigenvalue weighted by Crippen LogP contribution is 2.23. The van der Waals surface area contributed by atoms with Crippen molar-refractivity contribution >= 4 is 5.95 Å². The van der Waals surface area contributed by atoms with Crippen molar-refractivity contribution in [2.75, 3.05) is 12.8 Å². The quantitative estimate of drug-likeness (QED) is 0.838. The van der Waals surface area contributed by atoms with Gasteiger partial charge in [-0.15, -0.1) is 4.98 Å². The molecule has 1 atom stereocenters. The van der Waals surface area contributed by atoms with Gasteiger partial charge < -0.3 is 15.2 Å². The van der Waals surface area contributed by atoms with Gasteiger partial charge in [0.1, 0.15) is 0 Å². The minimum absolute atomic E-state index is 0.211. The van der Waals surface area contributed by atoms with Crippen LogP contribution in [0.3, 0.4) is 0 Å². The summed E-state index contributed by atoms with van der Waals surface area (Å²) >= 11 is 0. The van der Waals surface area contributed by atoms with Gasteiger partial charge in [0, 0.05) is 0 Å². The van der Waals surface area contributed by atoms with E-state index in [0.717, 1.165) is 6.92 Å². The zero-order chi connectivity index (χ0) is 12.3. The third-order valence-corrected chi connectivity index (χ3v) is 1.54. The normalized spacial score (nSPS) is 13.3. The van der Waals surface area contributed by atoms with Crippen molar-refractivity contribution in [3.05, 3.63) is 0 Å². The van der Waals surface area contributed by atoms with E-state index in [1.165, 1.54) is 7.11 Å². The largest absolute Gasteiger partial charge is 0.467 e. The second-order valence-corrected chi connectivity index (χ2v) is 2.76. The van der Waals surface area contributed by atoms with Crippen molar-refractivity contribution in [3.8, 4) is 12.0 Å². The van der Waals surface area contributed by atoms with Gasteiger partial charge in [-0.2, -0.15) is 23.1 Å². The number of aromatic nitrogens is 3. The Morgan fingerprint density at radius 1 is 1.19 bits per heavy atom. The van der Waals surface area contributed by atoms with Crippen LogP contribution in [-0.4, -0.2) is 34.3 Å². The molecule has 0 bridgehead atoms. The highest BCUT2D eigenvalue weighted by atomic mass is 19.4. The molecule has 0 saturated heterocycles. The molecule has 1 rings (SSSR count). The molecule has 90 valence electrons. The molecule has 0 spiro atoms. The van der Waals surface area contributed by atoms with Crippen LogP contribution in [0.2, 0.25) is 0 Å². The lowest BCUT2D eigenvalue weighted by atomic mass is 10.4. The highest BCUT2D eigenvalue weighted by Gasteiger charge is 2.38. The van der Waals surface area contributed by atoms with Crippen molar-refractivity contribution in [3.63, 3.8) is 0 Å². The Morgan fingerprint density at radius 3 is 2.25 bits per heavy atom. The number of nitrogens with two attached hydrogens (primary N) is 1. The number of nitrogen functional groups attached to an aromatic ring is 1. The van der Waals surface area contributed by atoms with E-state index in [1.807, 2.05) is 0 Å². The number of ether oxygens (including phenoxy) is 2. The standard InChI is InChI=1S/C7H9F3N4O2/c1-3(7(8,9)10)16-6-13-4(11)12-5(14-6)15-2/h3H,1-2H3,(H2,11,12,13,14). The first-order valence-corrected chi connectivity index (χ1v) is 4.12. The molecular formula is C7H9F3N4O2. The van der Waals surface area contributed by atoms with Crippen LogP contribution < -0.4 is 15.2 Å². The lowest BCUT2D eigenvalue weighted by Crippen LogP contribution is -2.31. The summed E-state index contributed by atoms with van der Waals surface area (Å²) in [6.07, 6.45) is -6.55. The van der Waals surface area contributed by atoms with Crippen LogP contribution in [0.25, 0.3) is 0 Å². The van der Waals surface area contributed by atoms with Crippen molar-refractivity contribution in [2.45, 2.75) is 19.2 Å². The van der Waals surface area contributed by atoms with E-state index in [-0.39, 0.29) is 12.0 Å².